The minimum absolute atomic E-state index is 0.00830. The molecule has 2 N–H and O–H groups in total. The fourth-order valence-electron chi connectivity index (χ4n) is 5.54. The van der Waals surface area contributed by atoms with Crippen molar-refractivity contribution >= 4 is 34.6 Å². The van der Waals surface area contributed by atoms with Crippen LogP contribution in [-0.2, 0) is 16.1 Å². The quantitative estimate of drug-likeness (QED) is 0.457. The zero-order valence-electron chi connectivity index (χ0n) is 21.6. The number of piperidine rings is 1. The average molecular weight is 540 g/mol. The first-order valence-corrected chi connectivity index (χ1v) is 13.5. The van der Waals surface area contributed by atoms with Gasteiger partial charge in [0.1, 0.15) is 11.6 Å². The van der Waals surface area contributed by atoms with Crippen LogP contribution in [0.1, 0.15) is 31.0 Å². The van der Waals surface area contributed by atoms with Crippen LogP contribution in [0.3, 0.4) is 0 Å². The lowest BCUT2D eigenvalue weighted by molar-refractivity contribution is -0.136. The number of ether oxygens (including phenoxy) is 2. The minimum atomic E-state index is -0.514. The van der Waals surface area contributed by atoms with Crippen LogP contribution < -0.4 is 10.5 Å². The molecule has 5 rings (SSSR count). The Morgan fingerprint density at radius 2 is 1.87 bits per heavy atom. The molecule has 3 atom stereocenters. The Labute approximate surface area is 227 Å². The van der Waals surface area contributed by atoms with Crippen molar-refractivity contribution in [2.24, 2.45) is 11.7 Å². The van der Waals surface area contributed by atoms with E-state index in [1.807, 2.05) is 23.1 Å². The van der Waals surface area contributed by atoms with Gasteiger partial charge in [-0.3, -0.25) is 4.79 Å². The molecule has 0 saturated carbocycles. The lowest BCUT2D eigenvalue weighted by Gasteiger charge is -2.34. The maximum absolute atomic E-state index is 13.6. The van der Waals surface area contributed by atoms with Gasteiger partial charge in [-0.05, 0) is 55.7 Å². The first-order chi connectivity index (χ1) is 18.4. The number of aryl methyl sites for hydroxylation is 1. The number of imidazole rings is 1. The number of nitrogens with two attached hydrogens (primary N) is 1. The van der Waals surface area contributed by atoms with Crippen LogP contribution in [0.2, 0.25) is 5.02 Å². The van der Waals surface area contributed by atoms with Crippen molar-refractivity contribution in [3.05, 3.63) is 59.4 Å². The molecule has 10 heteroatoms. The predicted octanol–water partition coefficient (Wildman–Crippen LogP) is 3.89. The Morgan fingerprint density at radius 3 is 2.66 bits per heavy atom. The Kier molecular flexibility index (Phi) is 8.16. The number of fused-ring (bicyclic) bond motifs is 1. The predicted molar refractivity (Wildman–Crippen MR) is 145 cm³/mol. The zero-order valence-corrected chi connectivity index (χ0v) is 22.3. The molecule has 2 saturated heterocycles. The molecule has 0 bridgehead atoms. The summed E-state index contributed by atoms with van der Waals surface area (Å²) in [5.41, 5.74) is 8.45. The first-order valence-electron chi connectivity index (χ1n) is 13.2. The summed E-state index contributed by atoms with van der Waals surface area (Å²) in [5.74, 6) is 1.07. The number of benzene rings is 2. The van der Waals surface area contributed by atoms with E-state index < -0.39 is 18.1 Å². The number of carbonyl (C=O) groups excluding carboxylic acids is 2. The van der Waals surface area contributed by atoms with Crippen molar-refractivity contribution < 1.29 is 19.1 Å². The molecule has 3 heterocycles. The molecule has 0 unspecified atom stereocenters. The Hall–Kier alpha value is -3.14. The van der Waals surface area contributed by atoms with Gasteiger partial charge >= 0.3 is 6.09 Å². The summed E-state index contributed by atoms with van der Waals surface area (Å²) >= 11 is 5.91. The van der Waals surface area contributed by atoms with Crippen LogP contribution in [0.5, 0.6) is 5.75 Å². The molecule has 2 amide bonds. The summed E-state index contributed by atoms with van der Waals surface area (Å²) in [6, 6.07) is 14.3. The molecule has 3 aromatic rings. The SMILES string of the molecule is COCCCn1c([C@@H]2CCCN(C(=O)[C@@H]3CN(C(=O)Oc4ccc(Cl)cc4)C[C@H]3N)C2)nc2ccccc21. The number of likely N-dealkylation sites (tertiary alicyclic amines) is 2. The standard InChI is InChI=1S/C28H34ClN5O4/c1-37-15-5-14-34-25-8-3-2-7-24(25)31-26(34)19-6-4-13-32(16-19)27(35)22-17-33(18-23(22)30)28(36)38-21-11-9-20(29)10-12-21/h2-3,7-12,19,22-23H,4-6,13-18,30H2,1H3/t19-,22-,23-/m1/s1. The van der Waals surface area contributed by atoms with E-state index in [1.165, 1.54) is 4.90 Å². The van der Waals surface area contributed by atoms with Gasteiger partial charge in [0.05, 0.1) is 17.0 Å². The third-order valence-corrected chi connectivity index (χ3v) is 7.72. The van der Waals surface area contributed by atoms with Crippen LogP contribution in [0, 0.1) is 5.92 Å². The van der Waals surface area contributed by atoms with Gasteiger partial charge in [-0.1, -0.05) is 23.7 Å². The molecule has 2 aliphatic heterocycles. The molecule has 2 aliphatic rings. The Balaban J connectivity index is 1.26. The number of hydrogen-bond acceptors (Lipinski definition) is 6. The van der Waals surface area contributed by atoms with E-state index in [9.17, 15) is 9.59 Å². The Morgan fingerprint density at radius 1 is 1.08 bits per heavy atom. The number of aromatic nitrogens is 2. The molecule has 9 nitrogen and oxygen atoms in total. The number of nitrogens with zero attached hydrogens (tertiary/aromatic N) is 4. The van der Waals surface area contributed by atoms with Gasteiger partial charge in [0.15, 0.2) is 0 Å². The molecule has 1 aromatic heterocycles. The van der Waals surface area contributed by atoms with Crippen molar-refractivity contribution in [1.29, 1.82) is 0 Å². The summed E-state index contributed by atoms with van der Waals surface area (Å²) in [7, 11) is 1.71. The summed E-state index contributed by atoms with van der Waals surface area (Å²) in [6.07, 6.45) is 2.23. The highest BCUT2D eigenvalue weighted by Crippen LogP contribution is 2.31. The third-order valence-electron chi connectivity index (χ3n) is 7.47. The van der Waals surface area contributed by atoms with Crippen molar-refractivity contribution in [3.63, 3.8) is 0 Å². The molecule has 38 heavy (non-hydrogen) atoms. The molecule has 202 valence electrons. The smallest absolute Gasteiger partial charge is 0.410 e. The summed E-state index contributed by atoms with van der Waals surface area (Å²) < 4.78 is 13.0. The summed E-state index contributed by atoms with van der Waals surface area (Å²) in [6.45, 7) is 3.27. The topological polar surface area (TPSA) is 103 Å². The summed E-state index contributed by atoms with van der Waals surface area (Å²) in [5, 5.41) is 0.559. The highest BCUT2D eigenvalue weighted by Gasteiger charge is 2.41. The fourth-order valence-corrected chi connectivity index (χ4v) is 5.66. The number of hydrogen-bond donors (Lipinski definition) is 1. The number of methoxy groups -OCH3 is 1. The van der Waals surface area contributed by atoms with Gasteiger partial charge in [0.2, 0.25) is 5.91 Å². The fraction of sp³-hybridized carbons (Fsp3) is 0.464. The van der Waals surface area contributed by atoms with E-state index in [4.69, 9.17) is 31.8 Å². The molecule has 0 spiro atoms. The van der Waals surface area contributed by atoms with Crippen LogP contribution in [0.4, 0.5) is 4.79 Å². The lowest BCUT2D eigenvalue weighted by Crippen LogP contribution is -2.47. The lowest BCUT2D eigenvalue weighted by atomic mass is 9.94. The van der Waals surface area contributed by atoms with Gasteiger partial charge in [-0.15, -0.1) is 0 Å². The van der Waals surface area contributed by atoms with Crippen molar-refractivity contribution in [2.75, 3.05) is 39.9 Å². The van der Waals surface area contributed by atoms with E-state index in [1.54, 1.807) is 31.4 Å². The van der Waals surface area contributed by atoms with Crippen molar-refractivity contribution in [2.45, 2.75) is 37.8 Å². The molecule has 0 radical (unpaired) electrons. The van der Waals surface area contributed by atoms with Crippen LogP contribution in [0.25, 0.3) is 11.0 Å². The van der Waals surface area contributed by atoms with Gasteiger partial charge < -0.3 is 29.6 Å². The number of rotatable bonds is 7. The monoisotopic (exact) mass is 539 g/mol. The highest BCUT2D eigenvalue weighted by molar-refractivity contribution is 6.30. The van der Waals surface area contributed by atoms with Gasteiger partial charge in [-0.2, -0.15) is 0 Å². The molecule has 2 aromatic carbocycles. The third kappa shape index (κ3) is 5.65. The maximum atomic E-state index is 13.6. The molecule has 2 fully saturated rings. The second kappa shape index (κ2) is 11.7. The number of para-hydroxylation sites is 2. The van der Waals surface area contributed by atoms with E-state index >= 15 is 0 Å². The minimum Gasteiger partial charge on any atom is -0.410 e. The van der Waals surface area contributed by atoms with E-state index in [2.05, 4.69) is 10.6 Å². The highest BCUT2D eigenvalue weighted by atomic mass is 35.5. The number of amides is 2. The number of carbonyl (C=O) groups is 2. The second-order valence-electron chi connectivity index (χ2n) is 10.1. The van der Waals surface area contributed by atoms with Crippen molar-refractivity contribution in [1.82, 2.24) is 19.4 Å². The Bertz CT molecular complexity index is 1280. The maximum Gasteiger partial charge on any atom is 0.415 e. The largest absolute Gasteiger partial charge is 0.415 e. The van der Waals surface area contributed by atoms with Crippen molar-refractivity contribution in [3.8, 4) is 5.75 Å². The van der Waals surface area contributed by atoms with Gasteiger partial charge in [0, 0.05) is 63.4 Å². The first kappa shape index (κ1) is 26.5. The number of halogens is 1. The van der Waals surface area contributed by atoms with E-state index in [0.717, 1.165) is 42.7 Å². The van der Waals surface area contributed by atoms with Gasteiger partial charge in [-0.25, -0.2) is 9.78 Å². The normalized spacial score (nSPS) is 21.7. The summed E-state index contributed by atoms with van der Waals surface area (Å²) in [4.78, 5) is 34.8. The average Bonchev–Trinajstić information content (AvgIpc) is 3.50. The van der Waals surface area contributed by atoms with Crippen LogP contribution >= 0.6 is 11.6 Å². The molecular weight excluding hydrogens is 506 g/mol. The molecular formula is C28H34ClN5O4. The van der Waals surface area contributed by atoms with E-state index in [0.29, 0.717) is 30.5 Å². The second-order valence-corrected chi connectivity index (χ2v) is 10.5. The van der Waals surface area contributed by atoms with Gasteiger partial charge in [0.25, 0.3) is 0 Å². The van der Waals surface area contributed by atoms with Crippen LogP contribution in [-0.4, -0.2) is 77.3 Å². The van der Waals surface area contributed by atoms with Crippen LogP contribution in [0.15, 0.2) is 48.5 Å². The molecule has 0 aliphatic carbocycles. The zero-order chi connectivity index (χ0) is 26.6. The van der Waals surface area contributed by atoms with E-state index in [-0.39, 0.29) is 24.9 Å².